The fraction of sp³-hybridized carbons (Fsp3) is 0.406. The minimum absolute atomic E-state index is 0.0186. The van der Waals surface area contributed by atoms with Crippen molar-refractivity contribution in [2.75, 3.05) is 13.1 Å². The maximum Gasteiger partial charge on any atom is 0.253 e. The number of nitrogens with zero attached hydrogens (tertiary/aromatic N) is 6. The van der Waals surface area contributed by atoms with E-state index in [0.717, 1.165) is 22.5 Å². The van der Waals surface area contributed by atoms with Crippen molar-refractivity contribution < 1.29 is 14.4 Å². The van der Waals surface area contributed by atoms with Gasteiger partial charge in [0, 0.05) is 30.6 Å². The minimum Gasteiger partial charge on any atom is -0.345 e. The fourth-order valence-corrected chi connectivity index (χ4v) is 5.15. The lowest BCUT2D eigenvalue weighted by atomic mass is 10.0. The largest absolute Gasteiger partial charge is 0.345 e. The standard InChI is InChI=1S/C32H38N8O3/c1-19(2)28-30-37-29(23-10-7-6-8-11-23)38-40(30)17-16-39(15-9-12-27(41)35-22(5)31(42)36-28)32(43)24-13-14-25-26(18-24)34-21(4)20(3)33-25/h6-8,10-11,13-14,18-19,22,28H,9,12,15-17H2,1-5H3,(H,35,41)(H,36,42)/t22-,28+/m1/s1. The summed E-state index contributed by atoms with van der Waals surface area (Å²) < 4.78 is 1.79. The number of hydrogen-bond donors (Lipinski definition) is 2. The van der Waals surface area contributed by atoms with Crippen molar-refractivity contribution in [3.63, 3.8) is 0 Å². The Hall–Kier alpha value is -4.67. The van der Waals surface area contributed by atoms with Crippen molar-refractivity contribution in [1.82, 2.24) is 40.3 Å². The lowest BCUT2D eigenvalue weighted by molar-refractivity contribution is -0.129. The zero-order chi connectivity index (χ0) is 30.7. The first-order valence-electron chi connectivity index (χ1n) is 14.7. The first kappa shape index (κ1) is 29.8. The summed E-state index contributed by atoms with van der Waals surface area (Å²) in [6, 6.07) is 13.8. The van der Waals surface area contributed by atoms with Crippen LogP contribution in [0.4, 0.5) is 0 Å². The number of carbonyl (C=O) groups excluding carboxylic acids is 3. The average Bonchev–Trinajstić information content (AvgIpc) is 3.41. The second-order valence-corrected chi connectivity index (χ2v) is 11.4. The smallest absolute Gasteiger partial charge is 0.253 e. The van der Waals surface area contributed by atoms with Crippen LogP contribution < -0.4 is 10.6 Å². The SMILES string of the molecule is Cc1nc2ccc(C(=O)N3CCCC(=O)N[C@H](C)C(=O)N[C@@H](C(C)C)c4nc(-c5ccccc5)nn4CC3)cc2nc1C. The average molecular weight is 583 g/mol. The number of fused-ring (bicyclic) bond motifs is 2. The predicted molar refractivity (Wildman–Crippen MR) is 163 cm³/mol. The summed E-state index contributed by atoms with van der Waals surface area (Å²) >= 11 is 0. The Balaban J connectivity index is 1.51. The third kappa shape index (κ3) is 6.71. The van der Waals surface area contributed by atoms with E-state index in [2.05, 4.69) is 20.6 Å². The van der Waals surface area contributed by atoms with Gasteiger partial charge in [-0.2, -0.15) is 5.10 Å². The zero-order valence-electron chi connectivity index (χ0n) is 25.3. The third-order valence-corrected chi connectivity index (χ3v) is 7.77. The molecule has 1 aliphatic rings. The van der Waals surface area contributed by atoms with Gasteiger partial charge in [0.25, 0.3) is 5.91 Å². The normalized spacial score (nSPS) is 18.6. The molecule has 224 valence electrons. The summed E-state index contributed by atoms with van der Waals surface area (Å²) in [7, 11) is 0. The topological polar surface area (TPSA) is 135 Å². The second kappa shape index (κ2) is 12.7. The van der Waals surface area contributed by atoms with Crippen LogP contribution in [0.25, 0.3) is 22.4 Å². The number of benzene rings is 2. The molecule has 2 N–H and O–H groups in total. The number of hydrogen-bond acceptors (Lipinski definition) is 7. The van der Waals surface area contributed by atoms with Crippen molar-refractivity contribution in [2.24, 2.45) is 5.92 Å². The van der Waals surface area contributed by atoms with E-state index < -0.39 is 12.1 Å². The molecular weight excluding hydrogens is 544 g/mol. The Morgan fingerprint density at radius 1 is 0.907 bits per heavy atom. The number of aryl methyl sites for hydroxylation is 2. The van der Waals surface area contributed by atoms with E-state index >= 15 is 0 Å². The summed E-state index contributed by atoms with van der Waals surface area (Å²) in [5, 5.41) is 10.7. The maximum absolute atomic E-state index is 13.9. The highest BCUT2D eigenvalue weighted by molar-refractivity contribution is 5.97. The van der Waals surface area contributed by atoms with E-state index in [9.17, 15) is 14.4 Å². The molecule has 1 aliphatic heterocycles. The number of carbonyl (C=O) groups is 3. The van der Waals surface area contributed by atoms with Gasteiger partial charge in [-0.1, -0.05) is 44.2 Å². The van der Waals surface area contributed by atoms with Crippen LogP contribution in [0.1, 0.15) is 67.2 Å². The molecule has 0 saturated carbocycles. The first-order chi connectivity index (χ1) is 20.6. The number of aromatic nitrogens is 5. The van der Waals surface area contributed by atoms with Gasteiger partial charge < -0.3 is 15.5 Å². The molecule has 43 heavy (non-hydrogen) atoms. The molecule has 0 radical (unpaired) electrons. The Labute approximate surface area is 251 Å². The summed E-state index contributed by atoms with van der Waals surface area (Å²) in [4.78, 5) is 55.6. The van der Waals surface area contributed by atoms with Crippen LogP contribution in [-0.2, 0) is 16.1 Å². The Morgan fingerprint density at radius 3 is 2.35 bits per heavy atom. The molecule has 0 aliphatic carbocycles. The highest BCUT2D eigenvalue weighted by Crippen LogP contribution is 2.25. The quantitative estimate of drug-likeness (QED) is 0.376. The Morgan fingerprint density at radius 2 is 1.63 bits per heavy atom. The third-order valence-electron chi connectivity index (χ3n) is 7.77. The van der Waals surface area contributed by atoms with Gasteiger partial charge in [-0.25, -0.2) is 19.6 Å². The van der Waals surface area contributed by atoms with Gasteiger partial charge in [-0.05, 0) is 51.3 Å². The Bertz CT molecular complexity index is 1650. The molecule has 4 aromatic rings. The molecule has 2 aromatic carbocycles. The van der Waals surface area contributed by atoms with Crippen molar-refractivity contribution in [3.05, 3.63) is 71.3 Å². The molecule has 0 unspecified atom stereocenters. The summed E-state index contributed by atoms with van der Waals surface area (Å²) in [5.74, 6) is 0.419. The van der Waals surface area contributed by atoms with E-state index in [0.29, 0.717) is 48.8 Å². The van der Waals surface area contributed by atoms with Crippen molar-refractivity contribution >= 4 is 28.8 Å². The predicted octanol–water partition coefficient (Wildman–Crippen LogP) is 3.76. The van der Waals surface area contributed by atoms with Crippen LogP contribution in [0, 0.1) is 19.8 Å². The van der Waals surface area contributed by atoms with E-state index in [1.165, 1.54) is 0 Å². The van der Waals surface area contributed by atoms with Gasteiger partial charge in [0.15, 0.2) is 11.6 Å². The summed E-state index contributed by atoms with van der Waals surface area (Å²) in [5.41, 5.74) is 4.41. The lowest BCUT2D eigenvalue weighted by Crippen LogP contribution is -2.47. The summed E-state index contributed by atoms with van der Waals surface area (Å²) in [6.45, 7) is 10.5. The van der Waals surface area contributed by atoms with Crippen LogP contribution in [0.2, 0.25) is 0 Å². The molecule has 2 aromatic heterocycles. The molecule has 0 saturated heterocycles. The molecule has 3 heterocycles. The van der Waals surface area contributed by atoms with E-state index in [4.69, 9.17) is 10.1 Å². The maximum atomic E-state index is 13.9. The molecule has 0 spiro atoms. The number of amides is 3. The number of rotatable bonds is 3. The van der Waals surface area contributed by atoms with E-state index in [-0.39, 0.29) is 30.1 Å². The molecule has 11 heteroatoms. The van der Waals surface area contributed by atoms with Crippen molar-refractivity contribution in [1.29, 1.82) is 0 Å². The van der Waals surface area contributed by atoms with Gasteiger partial charge in [0.1, 0.15) is 6.04 Å². The van der Waals surface area contributed by atoms with Gasteiger partial charge in [-0.3, -0.25) is 14.4 Å². The van der Waals surface area contributed by atoms with Crippen LogP contribution in [0.5, 0.6) is 0 Å². The second-order valence-electron chi connectivity index (χ2n) is 11.4. The summed E-state index contributed by atoms with van der Waals surface area (Å²) in [6.07, 6.45) is 0.620. The molecule has 0 fully saturated rings. The van der Waals surface area contributed by atoms with Gasteiger partial charge in [-0.15, -0.1) is 0 Å². The highest BCUT2D eigenvalue weighted by Gasteiger charge is 2.29. The minimum atomic E-state index is -0.731. The molecule has 3 amide bonds. The van der Waals surface area contributed by atoms with Crippen molar-refractivity contribution in [2.45, 2.75) is 66.1 Å². The fourth-order valence-electron chi connectivity index (χ4n) is 5.15. The van der Waals surface area contributed by atoms with Crippen LogP contribution >= 0.6 is 0 Å². The number of nitrogens with one attached hydrogen (secondary N) is 2. The molecule has 5 rings (SSSR count). The first-order valence-corrected chi connectivity index (χ1v) is 14.7. The van der Waals surface area contributed by atoms with Gasteiger partial charge in [0.05, 0.1) is 35.0 Å². The monoisotopic (exact) mass is 582 g/mol. The van der Waals surface area contributed by atoms with E-state index in [1.807, 2.05) is 64.1 Å². The lowest BCUT2D eigenvalue weighted by Gasteiger charge is -2.27. The molecule has 2 atom stereocenters. The molecule has 0 bridgehead atoms. The van der Waals surface area contributed by atoms with Gasteiger partial charge >= 0.3 is 0 Å². The van der Waals surface area contributed by atoms with Crippen LogP contribution in [0.15, 0.2) is 48.5 Å². The molecule has 11 nitrogen and oxygen atoms in total. The van der Waals surface area contributed by atoms with E-state index in [1.54, 1.807) is 28.6 Å². The van der Waals surface area contributed by atoms with Crippen molar-refractivity contribution in [3.8, 4) is 11.4 Å². The van der Waals surface area contributed by atoms with Crippen LogP contribution in [-0.4, -0.2) is 66.5 Å². The Kier molecular flexibility index (Phi) is 8.79. The zero-order valence-corrected chi connectivity index (χ0v) is 25.3. The van der Waals surface area contributed by atoms with Crippen LogP contribution in [0.3, 0.4) is 0 Å². The van der Waals surface area contributed by atoms with Gasteiger partial charge in [0.2, 0.25) is 11.8 Å². The molecular formula is C32H38N8O3. The highest BCUT2D eigenvalue weighted by atomic mass is 16.2.